The van der Waals surface area contributed by atoms with Crippen LogP contribution in [0.1, 0.15) is 38.8 Å². The monoisotopic (exact) mass is 262 g/mol. The zero-order chi connectivity index (χ0) is 13.9. The molecule has 0 saturated carbocycles. The van der Waals surface area contributed by atoms with Gasteiger partial charge >= 0.3 is 0 Å². The van der Waals surface area contributed by atoms with E-state index in [-0.39, 0.29) is 11.7 Å². The first kappa shape index (κ1) is 14.5. The van der Waals surface area contributed by atoms with Gasteiger partial charge in [-0.05, 0) is 39.3 Å². The van der Waals surface area contributed by atoms with Crippen LogP contribution in [0.5, 0.6) is 0 Å². The van der Waals surface area contributed by atoms with Gasteiger partial charge in [-0.2, -0.15) is 0 Å². The van der Waals surface area contributed by atoms with Crippen LogP contribution in [0.15, 0.2) is 30.3 Å². The maximum absolute atomic E-state index is 6.00. The van der Waals surface area contributed by atoms with Gasteiger partial charge in [0.05, 0.1) is 11.7 Å². The normalized spacial score (nSPS) is 25.2. The molecule has 0 spiro atoms. The van der Waals surface area contributed by atoms with E-state index < -0.39 is 0 Å². The zero-order valence-electron chi connectivity index (χ0n) is 12.3. The molecular formula is C16H26N2O. The van der Waals surface area contributed by atoms with Crippen LogP contribution in [0.4, 0.5) is 0 Å². The largest absolute Gasteiger partial charge is 0.370 e. The van der Waals surface area contributed by atoms with Crippen LogP contribution in [0.3, 0.4) is 0 Å². The first-order chi connectivity index (χ1) is 9.02. The van der Waals surface area contributed by atoms with Gasteiger partial charge in [-0.1, -0.05) is 30.3 Å². The highest BCUT2D eigenvalue weighted by Crippen LogP contribution is 2.30. The van der Waals surface area contributed by atoms with Gasteiger partial charge < -0.3 is 10.5 Å². The fourth-order valence-electron chi connectivity index (χ4n) is 3.13. The third-order valence-electron chi connectivity index (χ3n) is 3.66. The summed E-state index contributed by atoms with van der Waals surface area (Å²) in [5, 5.41) is 0. The van der Waals surface area contributed by atoms with Crippen molar-refractivity contribution < 1.29 is 4.74 Å². The summed E-state index contributed by atoms with van der Waals surface area (Å²) in [6.45, 7) is 9.13. The molecular weight excluding hydrogens is 236 g/mol. The van der Waals surface area contributed by atoms with Crippen LogP contribution in [-0.2, 0) is 4.74 Å². The molecule has 0 aliphatic carbocycles. The number of morpholine rings is 1. The minimum absolute atomic E-state index is 0.0840. The molecule has 2 atom stereocenters. The Labute approximate surface area is 116 Å². The highest BCUT2D eigenvalue weighted by molar-refractivity contribution is 5.19. The zero-order valence-corrected chi connectivity index (χ0v) is 12.3. The molecule has 1 saturated heterocycles. The second kappa shape index (κ2) is 6.04. The Morgan fingerprint density at radius 3 is 2.63 bits per heavy atom. The van der Waals surface area contributed by atoms with E-state index in [9.17, 15) is 0 Å². The third-order valence-corrected chi connectivity index (χ3v) is 3.66. The highest BCUT2D eigenvalue weighted by Gasteiger charge is 2.34. The smallest absolute Gasteiger partial charge is 0.0757 e. The predicted molar refractivity (Wildman–Crippen MR) is 79.1 cm³/mol. The number of benzene rings is 1. The fourth-order valence-corrected chi connectivity index (χ4v) is 3.13. The maximum atomic E-state index is 6.00. The van der Waals surface area contributed by atoms with Crippen molar-refractivity contribution in [3.8, 4) is 0 Å². The molecule has 1 heterocycles. The predicted octanol–water partition coefficient (Wildman–Crippen LogP) is 2.58. The van der Waals surface area contributed by atoms with Crippen molar-refractivity contribution in [2.75, 3.05) is 19.6 Å². The van der Waals surface area contributed by atoms with E-state index in [2.05, 4.69) is 56.0 Å². The Morgan fingerprint density at radius 2 is 2.05 bits per heavy atom. The van der Waals surface area contributed by atoms with Crippen molar-refractivity contribution in [1.29, 1.82) is 0 Å². The summed E-state index contributed by atoms with van der Waals surface area (Å²) >= 11 is 0. The molecule has 1 aliphatic rings. The molecule has 19 heavy (non-hydrogen) atoms. The molecule has 3 heteroatoms. The summed E-state index contributed by atoms with van der Waals surface area (Å²) in [5.74, 6) is 0. The number of ether oxygens (including phenoxy) is 1. The van der Waals surface area contributed by atoms with Crippen molar-refractivity contribution in [2.24, 2.45) is 5.73 Å². The van der Waals surface area contributed by atoms with E-state index in [1.807, 2.05) is 0 Å². The first-order valence-corrected chi connectivity index (χ1v) is 7.19. The Balaban J connectivity index is 2.19. The number of nitrogens with two attached hydrogens (primary N) is 1. The molecule has 0 amide bonds. The van der Waals surface area contributed by atoms with Crippen molar-refractivity contribution in [2.45, 2.75) is 44.9 Å². The van der Waals surface area contributed by atoms with E-state index >= 15 is 0 Å². The molecule has 106 valence electrons. The average Bonchev–Trinajstić information content (AvgIpc) is 2.34. The maximum Gasteiger partial charge on any atom is 0.0757 e. The lowest BCUT2D eigenvalue weighted by Crippen LogP contribution is -2.53. The fraction of sp³-hybridized carbons (Fsp3) is 0.625. The lowest BCUT2D eigenvalue weighted by Gasteiger charge is -2.45. The van der Waals surface area contributed by atoms with Crippen LogP contribution in [0.25, 0.3) is 0 Å². The molecule has 1 aromatic rings. The summed E-state index contributed by atoms with van der Waals surface area (Å²) < 4.78 is 6.00. The summed E-state index contributed by atoms with van der Waals surface area (Å²) in [5.41, 5.74) is 7.09. The van der Waals surface area contributed by atoms with Crippen LogP contribution in [0.2, 0.25) is 0 Å². The van der Waals surface area contributed by atoms with Crippen molar-refractivity contribution in [3.63, 3.8) is 0 Å². The molecule has 0 aromatic heterocycles. The van der Waals surface area contributed by atoms with Crippen LogP contribution in [-0.4, -0.2) is 36.2 Å². The van der Waals surface area contributed by atoms with E-state index in [0.29, 0.717) is 12.6 Å². The van der Waals surface area contributed by atoms with Crippen molar-refractivity contribution in [3.05, 3.63) is 35.9 Å². The Hall–Kier alpha value is -0.900. The van der Waals surface area contributed by atoms with Gasteiger partial charge in [0.25, 0.3) is 0 Å². The van der Waals surface area contributed by atoms with E-state index in [1.165, 1.54) is 5.56 Å². The molecule has 3 nitrogen and oxygen atoms in total. The van der Waals surface area contributed by atoms with Crippen LogP contribution < -0.4 is 5.73 Å². The summed E-state index contributed by atoms with van der Waals surface area (Å²) in [4.78, 5) is 2.52. The van der Waals surface area contributed by atoms with Crippen LogP contribution >= 0.6 is 0 Å². The van der Waals surface area contributed by atoms with Gasteiger partial charge in [-0.15, -0.1) is 0 Å². The van der Waals surface area contributed by atoms with Crippen molar-refractivity contribution in [1.82, 2.24) is 4.90 Å². The SMILES string of the molecule is CC1CN(C(CCN)c2ccccc2)CC(C)(C)O1. The second-order valence-electron chi connectivity index (χ2n) is 6.12. The number of hydrogen-bond acceptors (Lipinski definition) is 3. The van der Waals surface area contributed by atoms with Gasteiger partial charge in [0, 0.05) is 19.1 Å². The van der Waals surface area contributed by atoms with Gasteiger partial charge in [-0.3, -0.25) is 4.90 Å². The third kappa shape index (κ3) is 3.78. The summed E-state index contributed by atoms with van der Waals surface area (Å²) in [6, 6.07) is 11.1. The number of nitrogens with zero attached hydrogens (tertiary/aromatic N) is 1. The summed E-state index contributed by atoms with van der Waals surface area (Å²) in [7, 11) is 0. The number of hydrogen-bond donors (Lipinski definition) is 1. The quantitative estimate of drug-likeness (QED) is 0.906. The lowest BCUT2D eigenvalue weighted by atomic mass is 9.97. The lowest BCUT2D eigenvalue weighted by molar-refractivity contribution is -0.139. The Kier molecular flexibility index (Phi) is 4.61. The minimum atomic E-state index is -0.0840. The molecule has 1 fully saturated rings. The molecule has 0 radical (unpaired) electrons. The van der Waals surface area contributed by atoms with Crippen LogP contribution in [0, 0.1) is 0 Å². The topological polar surface area (TPSA) is 38.5 Å². The van der Waals surface area contributed by atoms with Gasteiger partial charge in [0.15, 0.2) is 0 Å². The van der Waals surface area contributed by atoms with Gasteiger partial charge in [-0.25, -0.2) is 0 Å². The first-order valence-electron chi connectivity index (χ1n) is 7.19. The standard InChI is InChI=1S/C16H26N2O/c1-13-11-18(12-16(2,3)19-13)15(9-10-17)14-7-5-4-6-8-14/h4-8,13,15H,9-12,17H2,1-3H3. The molecule has 2 unspecified atom stereocenters. The molecule has 0 bridgehead atoms. The van der Waals surface area contributed by atoms with E-state index in [0.717, 1.165) is 19.5 Å². The second-order valence-corrected chi connectivity index (χ2v) is 6.12. The van der Waals surface area contributed by atoms with Crippen molar-refractivity contribution >= 4 is 0 Å². The van der Waals surface area contributed by atoms with E-state index in [4.69, 9.17) is 10.5 Å². The highest BCUT2D eigenvalue weighted by atomic mass is 16.5. The Bertz CT molecular complexity index is 391. The summed E-state index contributed by atoms with van der Waals surface area (Å²) in [6.07, 6.45) is 1.26. The number of rotatable bonds is 4. The molecule has 2 rings (SSSR count). The molecule has 1 aliphatic heterocycles. The molecule has 1 aromatic carbocycles. The molecule has 2 N–H and O–H groups in total. The Morgan fingerprint density at radius 1 is 1.37 bits per heavy atom. The van der Waals surface area contributed by atoms with Gasteiger partial charge in [0.2, 0.25) is 0 Å². The average molecular weight is 262 g/mol. The van der Waals surface area contributed by atoms with E-state index in [1.54, 1.807) is 0 Å². The minimum Gasteiger partial charge on any atom is -0.370 e. The van der Waals surface area contributed by atoms with Gasteiger partial charge in [0.1, 0.15) is 0 Å².